The van der Waals surface area contributed by atoms with E-state index in [1.165, 1.54) is 12.1 Å². The number of nitro benzene ring substituents is 1. The third-order valence-corrected chi connectivity index (χ3v) is 3.96. The fraction of sp³-hybridized carbons (Fsp3) is 0.278. The van der Waals surface area contributed by atoms with Crippen LogP contribution in [0.25, 0.3) is 11.1 Å². The summed E-state index contributed by atoms with van der Waals surface area (Å²) < 4.78 is 10.9. The highest BCUT2D eigenvalue weighted by molar-refractivity contribution is 5.77. The predicted octanol–water partition coefficient (Wildman–Crippen LogP) is 4.04. The zero-order valence-electron chi connectivity index (χ0n) is 13.2. The van der Waals surface area contributed by atoms with E-state index in [0.29, 0.717) is 18.8 Å². The third-order valence-electron chi connectivity index (χ3n) is 3.96. The second-order valence-corrected chi connectivity index (χ2v) is 5.48. The van der Waals surface area contributed by atoms with Gasteiger partial charge in [-0.25, -0.2) is 0 Å². The molecule has 0 N–H and O–H groups in total. The number of nitrogens with zero attached hydrogens (tertiary/aromatic N) is 1. The average Bonchev–Trinajstić information content (AvgIpc) is 2.59. The molecule has 124 valence electrons. The fourth-order valence-electron chi connectivity index (χ4n) is 2.88. The van der Waals surface area contributed by atoms with Gasteiger partial charge in [-0.05, 0) is 31.0 Å². The van der Waals surface area contributed by atoms with Crippen LogP contribution in [0.4, 0.5) is 5.69 Å². The molecule has 0 fully saturated rings. The Morgan fingerprint density at radius 1 is 1.25 bits per heavy atom. The summed E-state index contributed by atoms with van der Waals surface area (Å²) in [6, 6.07) is 12.3. The molecule has 1 unspecified atom stereocenters. The van der Waals surface area contributed by atoms with Crippen molar-refractivity contribution in [1.29, 1.82) is 0 Å². The Morgan fingerprint density at radius 3 is 2.79 bits per heavy atom. The molecule has 3 rings (SSSR count). The molecule has 0 aromatic heterocycles. The number of carbonyl (C=O) groups is 1. The molecule has 0 spiro atoms. The molecular formula is C18H17NO5. The number of benzene rings is 2. The molecule has 0 saturated carbocycles. The molecule has 24 heavy (non-hydrogen) atoms. The van der Waals surface area contributed by atoms with E-state index >= 15 is 0 Å². The van der Waals surface area contributed by atoms with Crippen LogP contribution in [0, 0.1) is 10.1 Å². The molecular weight excluding hydrogens is 310 g/mol. The second-order valence-electron chi connectivity index (χ2n) is 5.48. The van der Waals surface area contributed by atoms with Crippen molar-refractivity contribution in [3.8, 4) is 16.9 Å². The summed E-state index contributed by atoms with van der Waals surface area (Å²) in [6.45, 7) is 2.08. The zero-order valence-corrected chi connectivity index (χ0v) is 13.2. The van der Waals surface area contributed by atoms with Crippen LogP contribution in [-0.2, 0) is 9.53 Å². The number of non-ortho nitro benzene ring substituents is 1. The Morgan fingerprint density at radius 2 is 2.04 bits per heavy atom. The van der Waals surface area contributed by atoms with Gasteiger partial charge in [-0.15, -0.1) is 0 Å². The van der Waals surface area contributed by atoms with E-state index in [4.69, 9.17) is 9.47 Å². The lowest BCUT2D eigenvalue weighted by Gasteiger charge is -2.28. The number of fused-ring (bicyclic) bond motifs is 3. The molecule has 0 amide bonds. The minimum absolute atomic E-state index is 0.0119. The van der Waals surface area contributed by atoms with Crippen molar-refractivity contribution in [2.45, 2.75) is 25.9 Å². The highest BCUT2D eigenvalue weighted by atomic mass is 16.6. The maximum atomic E-state index is 11.6. The van der Waals surface area contributed by atoms with Crippen molar-refractivity contribution in [3.63, 3.8) is 0 Å². The van der Waals surface area contributed by atoms with Crippen molar-refractivity contribution < 1.29 is 19.2 Å². The molecule has 1 atom stereocenters. The van der Waals surface area contributed by atoms with Crippen LogP contribution in [0.3, 0.4) is 0 Å². The molecule has 2 aromatic rings. The van der Waals surface area contributed by atoms with Crippen molar-refractivity contribution in [3.05, 3.63) is 58.1 Å². The molecule has 0 aliphatic carbocycles. The standard InChI is InChI=1S/C18H17NO5/c1-2-23-18(20)10-9-17-15-11-12(19(21)22)7-8-13(15)14-5-3-4-6-16(14)24-17/h3-8,11,17H,2,9-10H2,1H3. The van der Waals surface area contributed by atoms with Gasteiger partial charge in [-0.1, -0.05) is 18.2 Å². The number of ether oxygens (including phenoxy) is 2. The number of esters is 1. The fourth-order valence-corrected chi connectivity index (χ4v) is 2.88. The third kappa shape index (κ3) is 3.08. The minimum Gasteiger partial charge on any atom is -0.485 e. The van der Waals surface area contributed by atoms with Crippen molar-refractivity contribution >= 4 is 11.7 Å². The van der Waals surface area contributed by atoms with E-state index in [9.17, 15) is 14.9 Å². The molecule has 2 aromatic carbocycles. The van der Waals surface area contributed by atoms with Crippen LogP contribution >= 0.6 is 0 Å². The van der Waals surface area contributed by atoms with Crippen molar-refractivity contribution in [2.75, 3.05) is 6.61 Å². The van der Waals surface area contributed by atoms with E-state index in [1.807, 2.05) is 24.3 Å². The number of hydrogen-bond acceptors (Lipinski definition) is 5. The summed E-state index contributed by atoms with van der Waals surface area (Å²) in [5, 5.41) is 11.1. The van der Waals surface area contributed by atoms with E-state index in [-0.39, 0.29) is 18.1 Å². The maximum Gasteiger partial charge on any atom is 0.305 e. The lowest BCUT2D eigenvalue weighted by Crippen LogP contribution is -2.16. The van der Waals surface area contributed by atoms with Gasteiger partial charge < -0.3 is 9.47 Å². The molecule has 1 aliphatic heterocycles. The molecule has 6 heteroatoms. The van der Waals surface area contributed by atoms with Crippen LogP contribution in [0.15, 0.2) is 42.5 Å². The van der Waals surface area contributed by atoms with Gasteiger partial charge in [0.15, 0.2) is 0 Å². The van der Waals surface area contributed by atoms with Gasteiger partial charge >= 0.3 is 5.97 Å². The lowest BCUT2D eigenvalue weighted by molar-refractivity contribution is -0.385. The maximum absolute atomic E-state index is 11.6. The number of para-hydroxylation sites is 1. The van der Waals surface area contributed by atoms with Gasteiger partial charge in [0, 0.05) is 29.7 Å². The zero-order chi connectivity index (χ0) is 17.1. The van der Waals surface area contributed by atoms with Crippen LogP contribution in [0.2, 0.25) is 0 Å². The molecule has 1 heterocycles. The van der Waals surface area contributed by atoms with Crippen LogP contribution in [-0.4, -0.2) is 17.5 Å². The van der Waals surface area contributed by atoms with Crippen LogP contribution in [0.1, 0.15) is 31.4 Å². The van der Waals surface area contributed by atoms with Gasteiger partial charge in [-0.2, -0.15) is 0 Å². The summed E-state index contributed by atoms with van der Waals surface area (Å²) in [6.07, 6.45) is 0.184. The van der Waals surface area contributed by atoms with Crippen LogP contribution < -0.4 is 4.74 Å². The lowest BCUT2D eigenvalue weighted by atomic mass is 9.90. The first-order valence-corrected chi connectivity index (χ1v) is 7.80. The van der Waals surface area contributed by atoms with Gasteiger partial charge in [0.1, 0.15) is 11.9 Å². The van der Waals surface area contributed by atoms with Gasteiger partial charge in [0.2, 0.25) is 0 Å². The van der Waals surface area contributed by atoms with Gasteiger partial charge in [-0.3, -0.25) is 14.9 Å². The largest absolute Gasteiger partial charge is 0.485 e. The predicted molar refractivity (Wildman–Crippen MR) is 87.8 cm³/mol. The smallest absolute Gasteiger partial charge is 0.305 e. The highest BCUT2D eigenvalue weighted by Gasteiger charge is 2.28. The molecule has 0 saturated heterocycles. The summed E-state index contributed by atoms with van der Waals surface area (Å²) in [7, 11) is 0. The van der Waals surface area contributed by atoms with E-state index in [1.54, 1.807) is 13.0 Å². The molecule has 0 radical (unpaired) electrons. The first-order valence-electron chi connectivity index (χ1n) is 7.80. The number of hydrogen-bond donors (Lipinski definition) is 0. The van der Waals surface area contributed by atoms with E-state index < -0.39 is 11.0 Å². The summed E-state index contributed by atoms with van der Waals surface area (Å²) in [5.41, 5.74) is 2.54. The Labute approximate surface area is 139 Å². The summed E-state index contributed by atoms with van der Waals surface area (Å²) in [5.74, 6) is 0.416. The Bertz CT molecular complexity index is 787. The number of nitro groups is 1. The monoisotopic (exact) mass is 327 g/mol. The first-order chi connectivity index (χ1) is 11.6. The van der Waals surface area contributed by atoms with E-state index in [2.05, 4.69) is 0 Å². The van der Waals surface area contributed by atoms with E-state index in [0.717, 1.165) is 16.7 Å². The minimum atomic E-state index is -0.427. The summed E-state index contributed by atoms with van der Waals surface area (Å²) in [4.78, 5) is 22.3. The Kier molecular flexibility index (Phi) is 4.46. The number of carbonyl (C=O) groups excluding carboxylic acids is 1. The van der Waals surface area contributed by atoms with Crippen LogP contribution in [0.5, 0.6) is 5.75 Å². The molecule has 6 nitrogen and oxygen atoms in total. The van der Waals surface area contributed by atoms with Gasteiger partial charge in [0.05, 0.1) is 11.5 Å². The van der Waals surface area contributed by atoms with Gasteiger partial charge in [0.25, 0.3) is 5.69 Å². The highest BCUT2D eigenvalue weighted by Crippen LogP contribution is 2.44. The Hall–Kier alpha value is -2.89. The summed E-state index contributed by atoms with van der Waals surface area (Å²) >= 11 is 0. The molecule has 1 aliphatic rings. The number of rotatable bonds is 5. The Balaban J connectivity index is 1.96. The van der Waals surface area contributed by atoms with Crippen molar-refractivity contribution in [2.24, 2.45) is 0 Å². The topological polar surface area (TPSA) is 78.7 Å². The van der Waals surface area contributed by atoms with Crippen molar-refractivity contribution in [1.82, 2.24) is 0 Å². The molecule has 0 bridgehead atoms. The SMILES string of the molecule is CCOC(=O)CCC1Oc2ccccc2-c2ccc([N+](=O)[O-])cc21. The first kappa shape index (κ1) is 16.0. The second kappa shape index (κ2) is 6.70. The quantitative estimate of drug-likeness (QED) is 0.470. The average molecular weight is 327 g/mol. The normalized spacial score (nSPS) is 15.0.